The van der Waals surface area contributed by atoms with Crippen molar-refractivity contribution in [1.29, 1.82) is 0 Å². The van der Waals surface area contributed by atoms with E-state index in [4.69, 9.17) is 5.73 Å². The van der Waals surface area contributed by atoms with Gasteiger partial charge in [0, 0.05) is 25.5 Å². The smallest absolute Gasteiger partial charge is 0.171 e. The van der Waals surface area contributed by atoms with Crippen molar-refractivity contribution < 1.29 is 0 Å². The minimum atomic E-state index is 0.523. The van der Waals surface area contributed by atoms with Gasteiger partial charge < -0.3 is 10.6 Å². The molecule has 1 aromatic rings. The number of aromatic nitrogens is 2. The topological polar surface area (TPSA) is 55.0 Å². The Morgan fingerprint density at radius 1 is 1.19 bits per heavy atom. The molecule has 4 nitrogen and oxygen atoms in total. The van der Waals surface area contributed by atoms with Crippen molar-refractivity contribution in [3.05, 3.63) is 12.4 Å². The molecule has 90 valence electrons. The maximum Gasteiger partial charge on any atom is 0.171 e. The molecule has 1 aromatic heterocycles. The number of rotatable bonds is 6. The standard InChI is InChI=1S/C12H22N4/c1-4-10(5-2)9-16(6-3)12-11(13)14-7-8-15-12/h7-8,10H,4-6,9H2,1-3H3,(H2,13,14). The molecule has 0 saturated carbocycles. The summed E-state index contributed by atoms with van der Waals surface area (Å²) in [6, 6.07) is 0. The Hall–Kier alpha value is -1.32. The Bertz CT molecular complexity index is 310. The lowest BCUT2D eigenvalue weighted by molar-refractivity contribution is 0.484. The van der Waals surface area contributed by atoms with E-state index in [9.17, 15) is 0 Å². The summed E-state index contributed by atoms with van der Waals surface area (Å²) in [5.74, 6) is 2.04. The third-order valence-electron chi connectivity index (χ3n) is 3.02. The lowest BCUT2D eigenvalue weighted by atomic mass is 10.0. The van der Waals surface area contributed by atoms with Gasteiger partial charge in [-0.15, -0.1) is 0 Å². The molecule has 0 aliphatic carbocycles. The Kier molecular flexibility index (Phi) is 5.02. The number of hydrogen-bond donors (Lipinski definition) is 1. The predicted molar refractivity (Wildman–Crippen MR) is 68.4 cm³/mol. The maximum absolute atomic E-state index is 5.84. The molecule has 1 rings (SSSR count). The summed E-state index contributed by atoms with van der Waals surface area (Å²) in [7, 11) is 0. The second-order valence-electron chi connectivity index (χ2n) is 3.99. The first kappa shape index (κ1) is 12.7. The molecular weight excluding hydrogens is 200 g/mol. The van der Waals surface area contributed by atoms with Crippen molar-refractivity contribution in [3.63, 3.8) is 0 Å². The van der Waals surface area contributed by atoms with Crippen LogP contribution in [0.15, 0.2) is 12.4 Å². The van der Waals surface area contributed by atoms with Crippen LogP contribution >= 0.6 is 0 Å². The number of nitrogens with two attached hydrogens (primary N) is 1. The number of nitrogens with zero attached hydrogens (tertiary/aromatic N) is 3. The van der Waals surface area contributed by atoms with Crippen molar-refractivity contribution in [2.45, 2.75) is 33.6 Å². The van der Waals surface area contributed by atoms with Gasteiger partial charge in [-0.1, -0.05) is 26.7 Å². The lowest BCUT2D eigenvalue weighted by Gasteiger charge is -2.26. The summed E-state index contributed by atoms with van der Waals surface area (Å²) in [6.45, 7) is 8.49. The lowest BCUT2D eigenvalue weighted by Crippen LogP contribution is -2.30. The second-order valence-corrected chi connectivity index (χ2v) is 3.99. The van der Waals surface area contributed by atoms with Crippen LogP contribution in [0.5, 0.6) is 0 Å². The van der Waals surface area contributed by atoms with Crippen molar-refractivity contribution >= 4 is 11.6 Å². The SMILES string of the molecule is CCC(CC)CN(CC)c1nccnc1N. The third kappa shape index (κ3) is 3.08. The van der Waals surface area contributed by atoms with Crippen LogP contribution in [0.1, 0.15) is 33.6 Å². The molecule has 0 radical (unpaired) electrons. The summed E-state index contributed by atoms with van der Waals surface area (Å²) in [5.41, 5.74) is 5.84. The zero-order chi connectivity index (χ0) is 12.0. The molecule has 2 N–H and O–H groups in total. The summed E-state index contributed by atoms with van der Waals surface area (Å²) in [6.07, 6.45) is 5.70. The highest BCUT2D eigenvalue weighted by Crippen LogP contribution is 2.19. The van der Waals surface area contributed by atoms with Crippen LogP contribution in [0.4, 0.5) is 11.6 Å². The summed E-state index contributed by atoms with van der Waals surface area (Å²) >= 11 is 0. The molecule has 0 atom stereocenters. The van der Waals surface area contributed by atoms with E-state index in [0.29, 0.717) is 11.7 Å². The first-order chi connectivity index (χ1) is 7.72. The van der Waals surface area contributed by atoms with E-state index < -0.39 is 0 Å². The van der Waals surface area contributed by atoms with Crippen LogP contribution in [0.25, 0.3) is 0 Å². The third-order valence-corrected chi connectivity index (χ3v) is 3.02. The molecule has 0 saturated heterocycles. The first-order valence-electron chi connectivity index (χ1n) is 6.04. The van der Waals surface area contributed by atoms with Gasteiger partial charge in [-0.25, -0.2) is 9.97 Å². The van der Waals surface area contributed by atoms with Crippen LogP contribution in [-0.4, -0.2) is 23.1 Å². The quantitative estimate of drug-likeness (QED) is 0.802. The number of hydrogen-bond acceptors (Lipinski definition) is 4. The van der Waals surface area contributed by atoms with E-state index >= 15 is 0 Å². The molecule has 0 aliphatic rings. The zero-order valence-electron chi connectivity index (χ0n) is 10.5. The van der Waals surface area contributed by atoms with Gasteiger partial charge in [0.1, 0.15) is 0 Å². The normalized spacial score (nSPS) is 10.8. The summed E-state index contributed by atoms with van der Waals surface area (Å²) in [4.78, 5) is 10.6. The summed E-state index contributed by atoms with van der Waals surface area (Å²) in [5, 5.41) is 0. The van der Waals surface area contributed by atoms with Crippen molar-refractivity contribution in [2.24, 2.45) is 5.92 Å². The fourth-order valence-corrected chi connectivity index (χ4v) is 1.81. The molecule has 0 aliphatic heterocycles. The Balaban J connectivity index is 2.78. The molecule has 0 bridgehead atoms. The van der Waals surface area contributed by atoms with Crippen LogP contribution in [0, 0.1) is 5.92 Å². The minimum absolute atomic E-state index is 0.523. The van der Waals surface area contributed by atoms with Gasteiger partial charge in [0.2, 0.25) is 0 Å². The zero-order valence-corrected chi connectivity index (χ0v) is 10.5. The number of nitrogen functional groups attached to an aromatic ring is 1. The van der Waals surface area contributed by atoms with E-state index in [1.54, 1.807) is 12.4 Å². The molecule has 0 unspecified atom stereocenters. The minimum Gasteiger partial charge on any atom is -0.381 e. The predicted octanol–water partition coefficient (Wildman–Crippen LogP) is 2.32. The average molecular weight is 222 g/mol. The number of anilines is 2. The van der Waals surface area contributed by atoms with Crippen molar-refractivity contribution in [2.75, 3.05) is 23.7 Å². The van der Waals surface area contributed by atoms with E-state index in [1.807, 2.05) is 0 Å². The Labute approximate surface area is 97.9 Å². The summed E-state index contributed by atoms with van der Waals surface area (Å²) < 4.78 is 0. The molecule has 0 spiro atoms. The van der Waals surface area contributed by atoms with Crippen molar-refractivity contribution in [1.82, 2.24) is 9.97 Å². The molecule has 0 aromatic carbocycles. The van der Waals surface area contributed by atoms with Gasteiger partial charge in [-0.05, 0) is 12.8 Å². The molecule has 0 fully saturated rings. The van der Waals surface area contributed by atoms with Gasteiger partial charge in [-0.2, -0.15) is 0 Å². The van der Waals surface area contributed by atoms with Crippen molar-refractivity contribution in [3.8, 4) is 0 Å². The molecular formula is C12H22N4. The highest BCUT2D eigenvalue weighted by atomic mass is 15.2. The highest BCUT2D eigenvalue weighted by molar-refractivity contribution is 5.57. The molecule has 16 heavy (non-hydrogen) atoms. The Morgan fingerprint density at radius 2 is 1.81 bits per heavy atom. The average Bonchev–Trinajstić information content (AvgIpc) is 2.32. The van der Waals surface area contributed by atoms with E-state index in [0.717, 1.165) is 18.9 Å². The van der Waals surface area contributed by atoms with Gasteiger partial charge in [0.05, 0.1) is 0 Å². The molecule has 1 heterocycles. The first-order valence-corrected chi connectivity index (χ1v) is 6.04. The van der Waals surface area contributed by atoms with Gasteiger partial charge in [0.15, 0.2) is 11.6 Å². The van der Waals surface area contributed by atoms with Crippen LogP contribution in [0.2, 0.25) is 0 Å². The van der Waals surface area contributed by atoms with E-state index in [2.05, 4.69) is 35.6 Å². The maximum atomic E-state index is 5.84. The van der Waals surface area contributed by atoms with Gasteiger partial charge in [-0.3, -0.25) is 0 Å². The largest absolute Gasteiger partial charge is 0.381 e. The monoisotopic (exact) mass is 222 g/mol. The van der Waals surface area contributed by atoms with Crippen LogP contribution in [0.3, 0.4) is 0 Å². The molecule has 4 heteroatoms. The van der Waals surface area contributed by atoms with E-state index in [1.165, 1.54) is 12.8 Å². The fourth-order valence-electron chi connectivity index (χ4n) is 1.81. The Morgan fingerprint density at radius 3 is 2.31 bits per heavy atom. The van der Waals surface area contributed by atoms with Gasteiger partial charge in [0.25, 0.3) is 0 Å². The highest BCUT2D eigenvalue weighted by Gasteiger charge is 2.14. The molecule has 0 amide bonds. The van der Waals surface area contributed by atoms with Crippen LogP contribution in [-0.2, 0) is 0 Å². The fraction of sp³-hybridized carbons (Fsp3) is 0.667. The second kappa shape index (κ2) is 6.30. The van der Waals surface area contributed by atoms with E-state index in [-0.39, 0.29) is 0 Å². The van der Waals surface area contributed by atoms with Crippen LogP contribution < -0.4 is 10.6 Å². The van der Waals surface area contributed by atoms with Gasteiger partial charge >= 0.3 is 0 Å².